The highest BCUT2D eigenvalue weighted by atomic mass is 19.1. The third-order valence-corrected chi connectivity index (χ3v) is 6.57. The average molecular weight is 421 g/mol. The third-order valence-electron chi connectivity index (χ3n) is 6.57. The van der Waals surface area contributed by atoms with Crippen molar-refractivity contribution < 1.29 is 14.3 Å². The van der Waals surface area contributed by atoms with Gasteiger partial charge in [-0.25, -0.2) is 4.39 Å². The van der Waals surface area contributed by atoms with Gasteiger partial charge in [0.1, 0.15) is 11.9 Å². The van der Waals surface area contributed by atoms with Crippen LogP contribution in [0.1, 0.15) is 37.8 Å². The Morgan fingerprint density at radius 3 is 2.81 bits per heavy atom. The number of hydrogen-bond acceptors (Lipinski definition) is 5. The Morgan fingerprint density at radius 2 is 2.10 bits per heavy atom. The standard InChI is InChI=1S/C23H24FN5O2/c24-19-3-1-2-16(12-19)18-7-9-20(26-14-18)8-6-15-4-5-17-13-21(10-11-22(15)17)29(23(30)31)28-27-25/h1-3,6-9,12,14-15,17,21-22,25H,4-5,10-11,13H2/t15?,17-,21?,22+/m1/s1. The van der Waals surface area contributed by atoms with Crippen LogP contribution in [0.4, 0.5) is 9.18 Å². The summed E-state index contributed by atoms with van der Waals surface area (Å²) in [6.45, 7) is 0. The fourth-order valence-electron chi connectivity index (χ4n) is 5.11. The van der Waals surface area contributed by atoms with E-state index in [4.69, 9.17) is 5.53 Å². The summed E-state index contributed by atoms with van der Waals surface area (Å²) >= 11 is 0. The van der Waals surface area contributed by atoms with Crippen LogP contribution in [0.25, 0.3) is 17.2 Å². The number of carbonyl (C=O) groups excluding carboxylic acids is 1. The van der Waals surface area contributed by atoms with Gasteiger partial charge >= 0.3 is 0 Å². The highest BCUT2D eigenvalue weighted by Gasteiger charge is 2.43. The zero-order chi connectivity index (χ0) is 21.8. The molecule has 8 heteroatoms. The molecular weight excluding hydrogens is 397 g/mol. The summed E-state index contributed by atoms with van der Waals surface area (Å²) in [6.07, 6.45) is 9.04. The van der Waals surface area contributed by atoms with Crippen LogP contribution in [0.15, 0.2) is 53.9 Å². The molecule has 2 fully saturated rings. The molecule has 2 saturated carbocycles. The number of fused-ring (bicyclic) bond motifs is 1. The van der Waals surface area contributed by atoms with Crippen LogP contribution >= 0.6 is 0 Å². The predicted octanol–water partition coefficient (Wildman–Crippen LogP) is 4.21. The number of pyridine rings is 1. The lowest BCUT2D eigenvalue weighted by Gasteiger charge is -2.33. The summed E-state index contributed by atoms with van der Waals surface area (Å²) in [5.41, 5.74) is 9.36. The molecular formula is C23H24FN5O2. The number of aromatic nitrogens is 1. The van der Waals surface area contributed by atoms with Crippen LogP contribution in [0, 0.1) is 29.1 Å². The number of benzene rings is 1. The number of rotatable bonds is 5. The Hall–Kier alpha value is -3.38. The van der Waals surface area contributed by atoms with E-state index in [2.05, 4.69) is 21.2 Å². The molecule has 2 aromatic rings. The smallest absolute Gasteiger partial charge is 0.266 e. The van der Waals surface area contributed by atoms with Crippen molar-refractivity contribution in [3.8, 4) is 11.1 Å². The molecule has 2 unspecified atom stereocenters. The van der Waals surface area contributed by atoms with Gasteiger partial charge in [0.05, 0.1) is 10.6 Å². The predicted molar refractivity (Wildman–Crippen MR) is 111 cm³/mol. The maximum absolute atomic E-state index is 13.4. The first kappa shape index (κ1) is 20.9. The minimum Gasteiger partial charge on any atom is -0.509 e. The van der Waals surface area contributed by atoms with Crippen LogP contribution in [0.3, 0.4) is 0 Å². The highest BCUT2D eigenvalue weighted by Crippen LogP contribution is 2.47. The summed E-state index contributed by atoms with van der Waals surface area (Å²) in [4.78, 5) is 18.6. The van der Waals surface area contributed by atoms with Crippen LogP contribution in [-0.2, 0) is 0 Å². The first-order valence-electron chi connectivity index (χ1n) is 10.5. The summed E-state index contributed by atoms with van der Waals surface area (Å²) < 4.78 is 13.4. The number of allylic oxidation sites excluding steroid dienone is 1. The van der Waals surface area contributed by atoms with Gasteiger partial charge in [-0.05, 0) is 85.2 Å². The SMILES string of the molecule is N=[N+]=NN(C(=O)[O-])C1CC[C@H]2C(C=Cc3ccc(-c4cccc(F)c4)cn3)CC[C@@H]2C1. The first-order chi connectivity index (χ1) is 15.0. The fourth-order valence-corrected chi connectivity index (χ4v) is 5.11. The van der Waals surface area contributed by atoms with Gasteiger partial charge in [0, 0.05) is 11.8 Å². The molecule has 0 bridgehead atoms. The van der Waals surface area contributed by atoms with E-state index < -0.39 is 6.09 Å². The van der Waals surface area contributed by atoms with E-state index in [0.717, 1.165) is 47.5 Å². The van der Waals surface area contributed by atoms with Gasteiger partial charge in [-0.2, -0.15) is 0 Å². The van der Waals surface area contributed by atoms with E-state index in [1.54, 1.807) is 12.3 Å². The van der Waals surface area contributed by atoms with Gasteiger partial charge < -0.3 is 9.90 Å². The minimum absolute atomic E-state index is 0.264. The highest BCUT2D eigenvalue weighted by molar-refractivity contribution is 5.63. The molecule has 7 nitrogen and oxygen atoms in total. The molecule has 0 spiro atoms. The zero-order valence-electron chi connectivity index (χ0n) is 17.0. The fraction of sp³-hybridized carbons (Fsp3) is 0.391. The Morgan fingerprint density at radius 1 is 1.23 bits per heavy atom. The maximum Gasteiger partial charge on any atom is 0.266 e. The molecule has 2 aliphatic rings. The summed E-state index contributed by atoms with van der Waals surface area (Å²) in [6, 6.07) is 10.1. The second kappa shape index (κ2) is 9.18. The van der Waals surface area contributed by atoms with Gasteiger partial charge in [0.15, 0.2) is 0 Å². The molecule has 31 heavy (non-hydrogen) atoms. The van der Waals surface area contributed by atoms with E-state index in [-0.39, 0.29) is 11.9 Å². The van der Waals surface area contributed by atoms with Gasteiger partial charge in [-0.15, -0.1) is 0 Å². The molecule has 4 rings (SSSR count). The van der Waals surface area contributed by atoms with E-state index in [0.29, 0.717) is 24.2 Å². The molecule has 4 atom stereocenters. The molecule has 1 aromatic heterocycles. The van der Waals surface area contributed by atoms with Gasteiger partial charge in [0.25, 0.3) is 6.09 Å². The Kier molecular flexibility index (Phi) is 6.18. The number of carbonyl (C=O) groups is 1. The second-order valence-corrected chi connectivity index (χ2v) is 8.27. The Balaban J connectivity index is 1.39. The van der Waals surface area contributed by atoms with E-state index in [9.17, 15) is 14.3 Å². The Bertz CT molecular complexity index is 1020. The van der Waals surface area contributed by atoms with Gasteiger partial charge in [0.2, 0.25) is 5.22 Å². The molecule has 1 amide bonds. The molecule has 0 radical (unpaired) electrons. The normalized spacial score (nSPS) is 25.1. The van der Waals surface area contributed by atoms with Crippen molar-refractivity contribution in [1.29, 1.82) is 5.53 Å². The largest absolute Gasteiger partial charge is 0.509 e. The number of carboxylic acid groups (broad SMARTS) is 1. The van der Waals surface area contributed by atoms with Crippen molar-refractivity contribution in [2.45, 2.75) is 38.1 Å². The molecule has 160 valence electrons. The lowest BCUT2D eigenvalue weighted by atomic mass is 9.75. The topological polar surface area (TPSA) is 107 Å². The summed E-state index contributed by atoms with van der Waals surface area (Å²) in [7, 11) is 0. The van der Waals surface area contributed by atoms with Gasteiger partial charge in [-0.3, -0.25) is 4.98 Å². The average Bonchev–Trinajstić information content (AvgIpc) is 3.18. The molecule has 1 N–H and O–H groups in total. The monoisotopic (exact) mass is 421 g/mol. The number of nitrogens with one attached hydrogen (secondary N) is 1. The molecule has 0 saturated heterocycles. The number of nitrogens with zero attached hydrogens (tertiary/aromatic N) is 4. The van der Waals surface area contributed by atoms with Crippen molar-refractivity contribution in [3.63, 3.8) is 0 Å². The number of hydrogen-bond donors (Lipinski definition) is 1. The van der Waals surface area contributed by atoms with Gasteiger partial charge in [-0.1, -0.05) is 29.3 Å². The molecule has 0 aliphatic heterocycles. The van der Waals surface area contributed by atoms with Crippen molar-refractivity contribution >= 4 is 12.2 Å². The molecule has 1 heterocycles. The lowest BCUT2D eigenvalue weighted by Crippen LogP contribution is -2.47. The van der Waals surface area contributed by atoms with E-state index in [1.807, 2.05) is 24.3 Å². The van der Waals surface area contributed by atoms with Crippen LogP contribution < -0.4 is 10.0 Å². The van der Waals surface area contributed by atoms with Crippen LogP contribution in [0.2, 0.25) is 0 Å². The van der Waals surface area contributed by atoms with E-state index in [1.165, 1.54) is 12.1 Å². The quantitative estimate of drug-likeness (QED) is 0.444. The lowest BCUT2D eigenvalue weighted by molar-refractivity contribution is -0.269. The molecule has 1 aromatic carbocycles. The third kappa shape index (κ3) is 4.70. The maximum atomic E-state index is 13.4. The van der Waals surface area contributed by atoms with Crippen LogP contribution in [0.5, 0.6) is 0 Å². The van der Waals surface area contributed by atoms with Crippen molar-refractivity contribution in [1.82, 2.24) is 14.9 Å². The number of halogens is 1. The summed E-state index contributed by atoms with van der Waals surface area (Å²) in [5, 5.41) is 15.5. The van der Waals surface area contributed by atoms with Crippen LogP contribution in [-0.4, -0.2) is 22.1 Å². The zero-order valence-corrected chi connectivity index (χ0v) is 17.0. The first-order valence-corrected chi connectivity index (χ1v) is 10.5. The molecule has 2 aliphatic carbocycles. The number of amides is 1. The van der Waals surface area contributed by atoms with Crippen molar-refractivity contribution in [3.05, 3.63) is 60.2 Å². The van der Waals surface area contributed by atoms with Crippen molar-refractivity contribution in [2.75, 3.05) is 0 Å². The summed E-state index contributed by atoms with van der Waals surface area (Å²) in [5.74, 6) is 1.11. The second-order valence-electron chi connectivity index (χ2n) is 8.27. The van der Waals surface area contributed by atoms with Crippen molar-refractivity contribution in [2.24, 2.45) is 23.0 Å². The minimum atomic E-state index is -1.40. The Labute approximate surface area is 179 Å². The van der Waals surface area contributed by atoms with E-state index >= 15 is 0 Å².